The Hall–Kier alpha value is -0.430. The van der Waals surface area contributed by atoms with Gasteiger partial charge in [-0.2, -0.15) is 22.0 Å². The summed E-state index contributed by atoms with van der Waals surface area (Å²) in [7, 11) is 0. The van der Waals surface area contributed by atoms with E-state index in [-0.39, 0.29) is 17.8 Å². The molecule has 0 amide bonds. The van der Waals surface area contributed by atoms with Crippen LogP contribution in [0.1, 0.15) is 26.7 Å². The second-order valence-electron chi connectivity index (χ2n) is 8.87. The van der Waals surface area contributed by atoms with Crippen LogP contribution in [0.15, 0.2) is 0 Å². The molecule has 5 rings (SSSR count). The fourth-order valence-electron chi connectivity index (χ4n) is 7.59. The Bertz CT molecular complexity index is 592. The monoisotopic (exact) mass is 352 g/mol. The van der Waals surface area contributed by atoms with Gasteiger partial charge in [-0.3, -0.25) is 0 Å². The highest BCUT2D eigenvalue weighted by molar-refractivity contribution is 5.22. The number of fused-ring (bicyclic) bond motifs is 12. The van der Waals surface area contributed by atoms with E-state index in [1.54, 1.807) is 0 Å². The Balaban J connectivity index is 1.55. The maximum atomic E-state index is 14.7. The van der Waals surface area contributed by atoms with Crippen LogP contribution < -0.4 is 0 Å². The zero-order valence-electron chi connectivity index (χ0n) is 13.4. The average molecular weight is 352 g/mol. The summed E-state index contributed by atoms with van der Waals surface area (Å²) in [6.45, 7) is 4.32. The molecule has 136 valence electrons. The lowest BCUT2D eigenvalue weighted by Crippen LogP contribution is -2.59. The van der Waals surface area contributed by atoms with Crippen molar-refractivity contribution in [3.8, 4) is 0 Å². The molecular weight excluding hydrogens is 331 g/mol. The molecule has 1 aliphatic heterocycles. The molecule has 2 nitrogen and oxygen atoms in total. The van der Waals surface area contributed by atoms with Gasteiger partial charge in [0.1, 0.15) is 0 Å². The Morgan fingerprint density at radius 3 is 1.96 bits per heavy atom. The third-order valence-corrected chi connectivity index (χ3v) is 8.49. The maximum Gasteiger partial charge on any atom is 0.449 e. The van der Waals surface area contributed by atoms with Gasteiger partial charge >= 0.3 is 17.9 Å². The van der Waals surface area contributed by atoms with E-state index in [4.69, 9.17) is 4.74 Å². The fourth-order valence-corrected chi connectivity index (χ4v) is 7.59. The van der Waals surface area contributed by atoms with E-state index in [0.717, 1.165) is 6.42 Å². The molecule has 1 heterocycles. The van der Waals surface area contributed by atoms with Gasteiger partial charge in [-0.15, -0.1) is 0 Å². The van der Waals surface area contributed by atoms with Gasteiger partial charge in [0.2, 0.25) is 0 Å². The molecule has 5 fully saturated rings. The minimum Gasteiger partial charge on any atom is -0.354 e. The molecule has 24 heavy (non-hydrogen) atoms. The van der Waals surface area contributed by atoms with E-state index < -0.39 is 35.8 Å². The van der Waals surface area contributed by atoms with E-state index in [9.17, 15) is 27.1 Å². The molecule has 11 unspecified atom stereocenters. The summed E-state index contributed by atoms with van der Waals surface area (Å²) in [5.41, 5.74) is 0. The molecule has 7 heteroatoms. The molecule has 11 atom stereocenters. The minimum atomic E-state index is -5.49. The summed E-state index contributed by atoms with van der Waals surface area (Å²) in [6, 6.07) is 0. The van der Waals surface area contributed by atoms with Crippen LogP contribution in [0.5, 0.6) is 0 Å². The zero-order chi connectivity index (χ0) is 17.4. The zero-order valence-corrected chi connectivity index (χ0v) is 13.4. The van der Waals surface area contributed by atoms with Crippen LogP contribution >= 0.6 is 0 Å². The third-order valence-electron chi connectivity index (χ3n) is 8.49. The van der Waals surface area contributed by atoms with E-state index >= 15 is 0 Å². The van der Waals surface area contributed by atoms with Gasteiger partial charge < -0.3 is 9.84 Å². The normalized spacial score (nSPS) is 63.0. The van der Waals surface area contributed by atoms with Gasteiger partial charge in [0.05, 0.1) is 12.0 Å². The molecule has 1 N–H and O–H groups in total. The van der Waals surface area contributed by atoms with Crippen molar-refractivity contribution in [3.05, 3.63) is 0 Å². The summed E-state index contributed by atoms with van der Waals surface area (Å²) in [5, 5.41) is 9.74. The molecule has 4 saturated carbocycles. The van der Waals surface area contributed by atoms with Gasteiger partial charge in [0, 0.05) is 0 Å². The average Bonchev–Trinajstić information content (AvgIpc) is 3.18. The van der Waals surface area contributed by atoms with E-state index in [0.29, 0.717) is 30.1 Å². The predicted octanol–water partition coefficient (Wildman–Crippen LogP) is 3.69. The Morgan fingerprint density at radius 2 is 1.42 bits per heavy atom. The summed E-state index contributed by atoms with van der Waals surface area (Å²) < 4.78 is 73.5. The van der Waals surface area contributed by atoms with Crippen molar-refractivity contribution >= 4 is 0 Å². The molecular formula is C17H21F5O2. The number of hydrogen-bond acceptors (Lipinski definition) is 2. The Morgan fingerprint density at radius 1 is 0.917 bits per heavy atom. The van der Waals surface area contributed by atoms with Crippen LogP contribution in [-0.2, 0) is 4.74 Å². The van der Waals surface area contributed by atoms with Crippen molar-refractivity contribution in [1.82, 2.24) is 0 Å². The highest BCUT2D eigenvalue weighted by Crippen LogP contribution is 2.76. The fraction of sp³-hybridized carbons (Fsp3) is 1.00. The van der Waals surface area contributed by atoms with Crippen molar-refractivity contribution < 1.29 is 31.8 Å². The first-order valence-electron chi connectivity index (χ1n) is 8.85. The van der Waals surface area contributed by atoms with Crippen LogP contribution in [0.3, 0.4) is 0 Å². The topological polar surface area (TPSA) is 29.5 Å². The third kappa shape index (κ3) is 1.41. The van der Waals surface area contributed by atoms with Gasteiger partial charge in [-0.05, 0) is 60.2 Å². The number of halogens is 5. The first kappa shape index (κ1) is 15.8. The van der Waals surface area contributed by atoms with Crippen LogP contribution in [0, 0.1) is 53.3 Å². The molecule has 4 aliphatic carbocycles. The standard InChI is InChI=1S/C17H21F5O2/c1-5-6(2)8-3-7(5)11-9-4-10(12(8)11)14-13(9)15(18,19)16(23,24-14)17(20,21)22/h5-14,23H,3-4H2,1-2H3. The second kappa shape index (κ2) is 4.11. The largest absolute Gasteiger partial charge is 0.449 e. The highest BCUT2D eigenvalue weighted by Gasteiger charge is 2.85. The molecule has 0 spiro atoms. The second-order valence-corrected chi connectivity index (χ2v) is 8.87. The molecule has 0 aromatic heterocycles. The lowest BCUT2D eigenvalue weighted by atomic mass is 9.61. The van der Waals surface area contributed by atoms with E-state index in [1.165, 1.54) is 0 Å². The van der Waals surface area contributed by atoms with Crippen LogP contribution in [0.25, 0.3) is 0 Å². The van der Waals surface area contributed by atoms with E-state index in [1.807, 2.05) is 0 Å². The minimum absolute atomic E-state index is 0.0810. The van der Waals surface area contributed by atoms with Gasteiger partial charge in [-0.1, -0.05) is 13.8 Å². The molecule has 0 aromatic carbocycles. The van der Waals surface area contributed by atoms with Crippen molar-refractivity contribution in [3.63, 3.8) is 0 Å². The van der Waals surface area contributed by atoms with Crippen LogP contribution in [0.4, 0.5) is 22.0 Å². The van der Waals surface area contributed by atoms with Crippen LogP contribution in [-0.4, -0.2) is 29.1 Å². The number of aliphatic hydroxyl groups is 1. The SMILES string of the molecule is CC1C(C)C2CC1C1C3CC(C21)C1C3OC(O)(C(F)(F)F)C1(F)F. The number of ether oxygens (including phenoxy) is 1. The van der Waals surface area contributed by atoms with Gasteiger partial charge in [0.15, 0.2) is 0 Å². The quantitative estimate of drug-likeness (QED) is 0.532. The summed E-state index contributed by atoms with van der Waals surface area (Å²) >= 11 is 0. The number of rotatable bonds is 0. The first-order chi connectivity index (χ1) is 11.0. The smallest absolute Gasteiger partial charge is 0.354 e. The maximum absolute atomic E-state index is 14.7. The summed E-state index contributed by atoms with van der Waals surface area (Å²) in [5.74, 6) is -8.90. The van der Waals surface area contributed by atoms with Crippen molar-refractivity contribution in [2.45, 2.75) is 50.7 Å². The van der Waals surface area contributed by atoms with Gasteiger partial charge in [-0.25, -0.2) is 0 Å². The number of hydrogen-bond donors (Lipinski definition) is 1. The van der Waals surface area contributed by atoms with Crippen molar-refractivity contribution in [2.75, 3.05) is 0 Å². The van der Waals surface area contributed by atoms with E-state index in [2.05, 4.69) is 13.8 Å². The molecule has 0 aromatic rings. The summed E-state index contributed by atoms with van der Waals surface area (Å²) in [6.07, 6.45) is -5.12. The Labute approximate surface area is 136 Å². The lowest BCUT2D eigenvalue weighted by molar-refractivity contribution is -0.411. The first-order valence-corrected chi connectivity index (χ1v) is 8.85. The number of alkyl halides is 5. The highest BCUT2D eigenvalue weighted by atomic mass is 19.4. The van der Waals surface area contributed by atoms with Gasteiger partial charge in [0.25, 0.3) is 0 Å². The predicted molar refractivity (Wildman–Crippen MR) is 72.8 cm³/mol. The molecule has 1 saturated heterocycles. The molecule has 5 aliphatic rings. The van der Waals surface area contributed by atoms with Crippen LogP contribution in [0.2, 0.25) is 0 Å². The lowest BCUT2D eigenvalue weighted by Gasteiger charge is -2.44. The Kier molecular flexibility index (Phi) is 2.70. The van der Waals surface area contributed by atoms with Crippen molar-refractivity contribution in [2.24, 2.45) is 53.3 Å². The van der Waals surface area contributed by atoms with Crippen molar-refractivity contribution in [1.29, 1.82) is 0 Å². The molecule has 0 radical (unpaired) electrons. The summed E-state index contributed by atoms with van der Waals surface area (Å²) in [4.78, 5) is 0. The molecule has 4 bridgehead atoms.